The molecule has 2 aliphatic rings. The summed E-state index contributed by atoms with van der Waals surface area (Å²) >= 11 is 0. The number of halogens is 1. The molecule has 0 spiro atoms. The number of hydrogen-bond acceptors (Lipinski definition) is 4. The monoisotopic (exact) mass is 377 g/mol. The van der Waals surface area contributed by atoms with Crippen LogP contribution in [-0.2, 0) is 4.74 Å². The minimum Gasteiger partial charge on any atom is -0.497 e. The predicted octanol–water partition coefficient (Wildman–Crippen LogP) is 4.59. The Morgan fingerprint density at radius 1 is 1.11 bits per heavy atom. The lowest BCUT2D eigenvalue weighted by Gasteiger charge is -2.48. The number of hydrogen-bond donors (Lipinski definition) is 0. The third-order valence-electron chi connectivity index (χ3n) is 5.34. The number of carbonyl (C=O) groups excluding carboxylic acids is 2. The molecule has 0 N–H and O–H groups in total. The zero-order valence-corrected chi connectivity index (χ0v) is 16.5. The molecule has 2 saturated heterocycles. The van der Waals surface area contributed by atoms with Crippen LogP contribution in [0.25, 0.3) is 0 Å². The molecule has 27 heavy (non-hydrogen) atoms. The number of carbonyl (C=O) groups is 2. The molecule has 3 rings (SSSR count). The molecular formula is C21H28FNO4. The van der Waals surface area contributed by atoms with Crippen molar-refractivity contribution in [1.29, 1.82) is 0 Å². The second-order valence-corrected chi connectivity index (χ2v) is 8.54. The molecule has 6 heteroatoms. The first-order chi connectivity index (χ1) is 12.7. The molecule has 2 fully saturated rings. The molecule has 0 saturated carbocycles. The third kappa shape index (κ3) is 4.42. The number of Topliss-reactive ketones (excluding diaryl/α,β-unsaturated/α-hetero) is 1. The third-order valence-corrected chi connectivity index (χ3v) is 5.34. The van der Waals surface area contributed by atoms with Crippen molar-refractivity contribution in [2.24, 2.45) is 5.92 Å². The first-order valence-corrected chi connectivity index (χ1v) is 9.58. The molecule has 2 unspecified atom stereocenters. The number of nitrogens with zero attached hydrogens (tertiary/aromatic N) is 1. The molecule has 2 heterocycles. The van der Waals surface area contributed by atoms with E-state index < -0.39 is 11.4 Å². The normalized spacial score (nSPS) is 25.1. The van der Waals surface area contributed by atoms with Crippen molar-refractivity contribution in [3.63, 3.8) is 0 Å². The van der Waals surface area contributed by atoms with Crippen LogP contribution >= 0.6 is 0 Å². The molecule has 148 valence electrons. The molecule has 1 amide bonds. The van der Waals surface area contributed by atoms with Crippen LogP contribution in [0.2, 0.25) is 0 Å². The number of ketones is 1. The quantitative estimate of drug-likeness (QED) is 0.723. The summed E-state index contributed by atoms with van der Waals surface area (Å²) in [7, 11) is 1.45. The Bertz CT molecular complexity index is 713. The van der Waals surface area contributed by atoms with Crippen molar-refractivity contribution < 1.29 is 23.5 Å². The van der Waals surface area contributed by atoms with Crippen LogP contribution in [0.1, 0.15) is 63.2 Å². The van der Waals surface area contributed by atoms with Gasteiger partial charge in [-0.3, -0.25) is 4.79 Å². The summed E-state index contributed by atoms with van der Waals surface area (Å²) < 4.78 is 24.5. The maximum absolute atomic E-state index is 13.8. The summed E-state index contributed by atoms with van der Waals surface area (Å²) in [6, 6.07) is 4.10. The van der Waals surface area contributed by atoms with E-state index in [1.54, 1.807) is 6.07 Å². The van der Waals surface area contributed by atoms with Crippen LogP contribution < -0.4 is 4.74 Å². The lowest BCUT2D eigenvalue weighted by atomic mass is 9.76. The van der Waals surface area contributed by atoms with Gasteiger partial charge in [0.05, 0.1) is 7.11 Å². The summed E-state index contributed by atoms with van der Waals surface area (Å²) in [5, 5.41) is 0. The molecule has 2 atom stereocenters. The van der Waals surface area contributed by atoms with Crippen molar-refractivity contribution in [1.82, 2.24) is 4.90 Å². The van der Waals surface area contributed by atoms with E-state index in [1.165, 1.54) is 19.2 Å². The summed E-state index contributed by atoms with van der Waals surface area (Å²) in [5.74, 6) is -0.437. The fraction of sp³-hybridized carbons (Fsp3) is 0.619. The van der Waals surface area contributed by atoms with E-state index in [1.807, 2.05) is 25.7 Å². The average molecular weight is 377 g/mol. The highest BCUT2D eigenvalue weighted by Gasteiger charge is 2.44. The Hall–Kier alpha value is -2.11. The zero-order chi connectivity index (χ0) is 19.8. The topological polar surface area (TPSA) is 55.8 Å². The number of benzene rings is 1. The number of rotatable bonds is 3. The van der Waals surface area contributed by atoms with Gasteiger partial charge in [0.1, 0.15) is 17.2 Å². The van der Waals surface area contributed by atoms with E-state index in [4.69, 9.17) is 9.47 Å². The molecule has 0 radical (unpaired) electrons. The molecule has 0 aliphatic carbocycles. The van der Waals surface area contributed by atoms with Crippen LogP contribution in [-0.4, -0.2) is 41.6 Å². The van der Waals surface area contributed by atoms with E-state index in [9.17, 15) is 14.0 Å². The smallest absolute Gasteiger partial charge is 0.410 e. The van der Waals surface area contributed by atoms with E-state index in [0.717, 1.165) is 19.3 Å². The number of methoxy groups -OCH3 is 1. The van der Waals surface area contributed by atoms with Crippen molar-refractivity contribution in [2.45, 2.75) is 70.6 Å². The summed E-state index contributed by atoms with van der Waals surface area (Å²) in [4.78, 5) is 27.5. The summed E-state index contributed by atoms with van der Waals surface area (Å²) in [6.07, 6.45) is 3.66. The number of fused-ring (bicyclic) bond motifs is 2. The molecule has 0 aromatic heterocycles. The minimum atomic E-state index is -0.545. The standard InChI is InChI=1S/C21H28FNO4/c1-21(2,3)27-20(25)23-16-6-5-7-17(23)10-14(9-16)19(24)13-8-15(22)12-18(11-13)26-4/h8,11-12,14,16-17H,5-7,9-10H2,1-4H3. The zero-order valence-electron chi connectivity index (χ0n) is 16.5. The van der Waals surface area contributed by atoms with Gasteiger partial charge in [0.2, 0.25) is 0 Å². The largest absolute Gasteiger partial charge is 0.497 e. The van der Waals surface area contributed by atoms with E-state index in [2.05, 4.69) is 0 Å². The van der Waals surface area contributed by atoms with Gasteiger partial charge in [-0.25, -0.2) is 9.18 Å². The lowest BCUT2D eigenvalue weighted by Crippen LogP contribution is -2.56. The Balaban J connectivity index is 1.77. The van der Waals surface area contributed by atoms with Crippen LogP contribution in [0.5, 0.6) is 5.75 Å². The SMILES string of the molecule is COc1cc(F)cc(C(=O)C2CC3CCCC(C2)N3C(=O)OC(C)(C)C)c1. The van der Waals surface area contributed by atoms with Crippen molar-refractivity contribution in [2.75, 3.05) is 7.11 Å². The predicted molar refractivity (Wildman–Crippen MR) is 99.5 cm³/mol. The highest BCUT2D eigenvalue weighted by Crippen LogP contribution is 2.39. The van der Waals surface area contributed by atoms with Gasteiger partial charge < -0.3 is 14.4 Å². The van der Waals surface area contributed by atoms with Gasteiger partial charge >= 0.3 is 6.09 Å². The minimum absolute atomic E-state index is 0.00300. The van der Waals surface area contributed by atoms with Crippen LogP contribution in [0.15, 0.2) is 18.2 Å². The van der Waals surface area contributed by atoms with Crippen molar-refractivity contribution >= 4 is 11.9 Å². The van der Waals surface area contributed by atoms with Crippen LogP contribution in [0.4, 0.5) is 9.18 Å². The Morgan fingerprint density at radius 2 is 1.74 bits per heavy atom. The maximum atomic E-state index is 13.8. The Morgan fingerprint density at radius 3 is 2.30 bits per heavy atom. The Labute approximate surface area is 159 Å². The fourth-order valence-corrected chi connectivity index (χ4v) is 4.27. The molecular weight excluding hydrogens is 349 g/mol. The van der Waals surface area contributed by atoms with Gasteiger partial charge in [-0.05, 0) is 65.0 Å². The highest BCUT2D eigenvalue weighted by molar-refractivity contribution is 5.98. The van der Waals surface area contributed by atoms with Gasteiger partial charge in [0.25, 0.3) is 0 Å². The van der Waals surface area contributed by atoms with E-state index in [0.29, 0.717) is 24.2 Å². The van der Waals surface area contributed by atoms with E-state index in [-0.39, 0.29) is 29.9 Å². The Kier molecular flexibility index (Phi) is 5.45. The second-order valence-electron chi connectivity index (χ2n) is 8.54. The van der Waals surface area contributed by atoms with Crippen LogP contribution in [0, 0.1) is 11.7 Å². The summed E-state index contributed by atoms with van der Waals surface area (Å²) in [6.45, 7) is 5.57. The van der Waals surface area contributed by atoms with Gasteiger partial charge in [-0.15, -0.1) is 0 Å². The van der Waals surface area contributed by atoms with E-state index >= 15 is 0 Å². The molecule has 1 aromatic carbocycles. The first-order valence-electron chi connectivity index (χ1n) is 9.58. The second kappa shape index (κ2) is 7.49. The molecule has 2 bridgehead atoms. The number of amides is 1. The molecule has 1 aromatic rings. The lowest BCUT2D eigenvalue weighted by molar-refractivity contribution is -0.0260. The van der Waals surface area contributed by atoms with Crippen molar-refractivity contribution in [3.05, 3.63) is 29.6 Å². The van der Waals surface area contributed by atoms with Gasteiger partial charge in [-0.2, -0.15) is 0 Å². The van der Waals surface area contributed by atoms with Crippen LogP contribution in [0.3, 0.4) is 0 Å². The number of piperidine rings is 2. The average Bonchev–Trinajstić information content (AvgIpc) is 2.57. The van der Waals surface area contributed by atoms with Gasteiger partial charge in [0.15, 0.2) is 5.78 Å². The number of ether oxygens (including phenoxy) is 2. The first kappa shape index (κ1) is 19.6. The highest BCUT2D eigenvalue weighted by atomic mass is 19.1. The molecule has 2 aliphatic heterocycles. The summed E-state index contributed by atoms with van der Waals surface area (Å²) in [5.41, 5.74) is -0.212. The van der Waals surface area contributed by atoms with Crippen molar-refractivity contribution in [3.8, 4) is 5.75 Å². The maximum Gasteiger partial charge on any atom is 0.410 e. The molecule has 5 nitrogen and oxygen atoms in total. The van der Waals surface area contributed by atoms with Gasteiger partial charge in [-0.1, -0.05) is 0 Å². The fourth-order valence-electron chi connectivity index (χ4n) is 4.27. The van der Waals surface area contributed by atoms with Gasteiger partial charge in [0, 0.05) is 29.6 Å².